The highest BCUT2D eigenvalue weighted by atomic mass is 16.5. The third-order valence-electron chi connectivity index (χ3n) is 3.12. The molecule has 1 N–H and O–H groups in total. The van der Waals surface area contributed by atoms with Crippen LogP contribution in [0, 0.1) is 0 Å². The molecule has 0 aromatic heterocycles. The van der Waals surface area contributed by atoms with Gasteiger partial charge in [0.05, 0.1) is 12.7 Å². The predicted octanol–water partition coefficient (Wildman–Crippen LogP) is 2.67. The van der Waals surface area contributed by atoms with Gasteiger partial charge in [0.25, 0.3) is 5.91 Å². The number of amides is 1. The number of carboxylic acid groups (broad SMARTS) is 1. The molecule has 2 rings (SSSR count). The first-order valence-corrected chi connectivity index (χ1v) is 6.28. The summed E-state index contributed by atoms with van der Waals surface area (Å²) in [4.78, 5) is 24.8. The fraction of sp³-hybridized carbons (Fsp3) is 0.125. The minimum absolute atomic E-state index is 0.0870. The fourth-order valence-corrected chi connectivity index (χ4v) is 1.90. The smallest absolute Gasteiger partial charge is 0.335 e. The van der Waals surface area contributed by atoms with E-state index in [0.29, 0.717) is 17.0 Å². The van der Waals surface area contributed by atoms with Crippen LogP contribution in [-0.4, -0.2) is 31.1 Å². The zero-order valence-corrected chi connectivity index (χ0v) is 11.7. The number of methoxy groups -OCH3 is 1. The molecule has 0 aliphatic heterocycles. The monoisotopic (exact) mass is 285 g/mol. The average molecular weight is 285 g/mol. The number of nitrogens with zero attached hydrogens (tertiary/aromatic N) is 1. The van der Waals surface area contributed by atoms with Crippen molar-refractivity contribution in [2.75, 3.05) is 19.1 Å². The molecular formula is C16H15NO4. The van der Waals surface area contributed by atoms with E-state index in [-0.39, 0.29) is 11.5 Å². The Morgan fingerprint density at radius 2 is 1.67 bits per heavy atom. The fourth-order valence-electron chi connectivity index (χ4n) is 1.90. The van der Waals surface area contributed by atoms with E-state index in [1.54, 1.807) is 50.6 Å². The van der Waals surface area contributed by atoms with Crippen LogP contribution in [0.15, 0.2) is 48.5 Å². The maximum atomic E-state index is 12.4. The maximum Gasteiger partial charge on any atom is 0.335 e. The summed E-state index contributed by atoms with van der Waals surface area (Å²) < 4.78 is 5.07. The molecule has 0 unspecified atom stereocenters. The van der Waals surface area contributed by atoms with E-state index in [1.165, 1.54) is 17.0 Å². The van der Waals surface area contributed by atoms with E-state index in [9.17, 15) is 9.59 Å². The Labute approximate surface area is 122 Å². The summed E-state index contributed by atoms with van der Waals surface area (Å²) in [7, 11) is 3.21. The number of ether oxygens (including phenoxy) is 1. The van der Waals surface area contributed by atoms with Gasteiger partial charge in [0.1, 0.15) is 5.75 Å². The van der Waals surface area contributed by atoms with Gasteiger partial charge in [-0.25, -0.2) is 4.79 Å². The molecular weight excluding hydrogens is 270 g/mol. The van der Waals surface area contributed by atoms with Crippen LogP contribution < -0.4 is 9.64 Å². The minimum atomic E-state index is -1.06. The lowest BCUT2D eigenvalue weighted by molar-refractivity contribution is 0.0697. The molecule has 0 heterocycles. The van der Waals surface area contributed by atoms with Crippen molar-refractivity contribution in [1.29, 1.82) is 0 Å². The van der Waals surface area contributed by atoms with Crippen molar-refractivity contribution in [2.45, 2.75) is 0 Å². The van der Waals surface area contributed by atoms with Crippen LogP contribution in [0.3, 0.4) is 0 Å². The molecule has 1 amide bonds. The van der Waals surface area contributed by atoms with Gasteiger partial charge in [-0.3, -0.25) is 4.79 Å². The first-order chi connectivity index (χ1) is 10.0. The molecule has 2 aromatic rings. The molecule has 0 fully saturated rings. The van der Waals surface area contributed by atoms with E-state index in [2.05, 4.69) is 0 Å². The Morgan fingerprint density at radius 3 is 2.24 bits per heavy atom. The number of anilines is 1. The van der Waals surface area contributed by atoms with E-state index < -0.39 is 5.97 Å². The largest absolute Gasteiger partial charge is 0.497 e. The number of carbonyl (C=O) groups excluding carboxylic acids is 1. The Bertz CT molecular complexity index is 664. The third kappa shape index (κ3) is 3.20. The molecule has 5 heteroatoms. The summed E-state index contributed by atoms with van der Waals surface area (Å²) >= 11 is 0. The summed E-state index contributed by atoms with van der Waals surface area (Å²) in [6.45, 7) is 0. The highest BCUT2D eigenvalue weighted by molar-refractivity contribution is 6.06. The van der Waals surface area contributed by atoms with E-state index >= 15 is 0 Å². The summed E-state index contributed by atoms with van der Waals surface area (Å²) in [5.74, 6) is -0.632. The predicted molar refractivity (Wildman–Crippen MR) is 79.1 cm³/mol. The maximum absolute atomic E-state index is 12.4. The molecule has 0 atom stereocenters. The number of hydrogen-bond donors (Lipinski definition) is 1. The molecule has 0 aliphatic rings. The van der Waals surface area contributed by atoms with Crippen molar-refractivity contribution < 1.29 is 19.4 Å². The Kier molecular flexibility index (Phi) is 4.23. The number of hydrogen-bond acceptors (Lipinski definition) is 3. The summed E-state index contributed by atoms with van der Waals surface area (Å²) in [6, 6.07) is 13.0. The third-order valence-corrected chi connectivity index (χ3v) is 3.12. The molecule has 0 bridgehead atoms. The zero-order valence-electron chi connectivity index (χ0n) is 11.7. The second kappa shape index (κ2) is 6.09. The number of aromatic carboxylic acids is 1. The molecule has 0 radical (unpaired) electrons. The minimum Gasteiger partial charge on any atom is -0.497 e. The SMILES string of the molecule is COc1ccc(N(C)C(=O)c2cccc(C(=O)O)c2)cc1. The van der Waals surface area contributed by atoms with Crippen LogP contribution in [-0.2, 0) is 0 Å². The van der Waals surface area contributed by atoms with Crippen molar-refractivity contribution in [1.82, 2.24) is 0 Å². The van der Waals surface area contributed by atoms with Crippen molar-refractivity contribution in [3.63, 3.8) is 0 Å². The summed E-state index contributed by atoms with van der Waals surface area (Å²) in [6.07, 6.45) is 0. The van der Waals surface area contributed by atoms with E-state index in [1.807, 2.05) is 0 Å². The Morgan fingerprint density at radius 1 is 1.05 bits per heavy atom. The zero-order chi connectivity index (χ0) is 15.4. The number of carboxylic acids is 1. The van der Waals surface area contributed by atoms with Crippen molar-refractivity contribution in [3.8, 4) is 5.75 Å². The lowest BCUT2D eigenvalue weighted by atomic mass is 10.1. The lowest BCUT2D eigenvalue weighted by Crippen LogP contribution is -2.26. The highest BCUT2D eigenvalue weighted by Crippen LogP contribution is 2.20. The van der Waals surface area contributed by atoms with E-state index in [4.69, 9.17) is 9.84 Å². The van der Waals surface area contributed by atoms with Gasteiger partial charge in [-0.2, -0.15) is 0 Å². The summed E-state index contributed by atoms with van der Waals surface area (Å²) in [5.41, 5.74) is 1.11. The molecule has 21 heavy (non-hydrogen) atoms. The topological polar surface area (TPSA) is 66.8 Å². The highest BCUT2D eigenvalue weighted by Gasteiger charge is 2.15. The van der Waals surface area contributed by atoms with E-state index in [0.717, 1.165) is 0 Å². The first-order valence-electron chi connectivity index (χ1n) is 6.28. The first kappa shape index (κ1) is 14.6. The standard InChI is InChI=1S/C16H15NO4/c1-17(13-6-8-14(21-2)9-7-13)15(18)11-4-3-5-12(10-11)16(19)20/h3-10H,1-2H3,(H,19,20). The van der Waals surface area contributed by atoms with Crippen LogP contribution in [0.5, 0.6) is 5.75 Å². The second-order valence-corrected chi connectivity index (χ2v) is 4.45. The van der Waals surface area contributed by atoms with Gasteiger partial charge in [-0.05, 0) is 42.5 Å². The van der Waals surface area contributed by atoms with Gasteiger partial charge in [-0.1, -0.05) is 6.07 Å². The molecule has 0 aliphatic carbocycles. The number of carbonyl (C=O) groups is 2. The number of benzene rings is 2. The molecule has 0 spiro atoms. The van der Waals surface area contributed by atoms with Crippen molar-refractivity contribution in [2.24, 2.45) is 0 Å². The average Bonchev–Trinajstić information content (AvgIpc) is 2.53. The molecule has 2 aromatic carbocycles. The van der Waals surface area contributed by atoms with Crippen molar-refractivity contribution >= 4 is 17.6 Å². The Balaban J connectivity index is 2.25. The van der Waals surface area contributed by atoms with Gasteiger partial charge in [-0.15, -0.1) is 0 Å². The second-order valence-electron chi connectivity index (χ2n) is 4.45. The lowest BCUT2D eigenvalue weighted by Gasteiger charge is -2.18. The quantitative estimate of drug-likeness (QED) is 0.937. The molecule has 5 nitrogen and oxygen atoms in total. The van der Waals surface area contributed by atoms with Crippen molar-refractivity contribution in [3.05, 3.63) is 59.7 Å². The number of rotatable bonds is 4. The Hall–Kier alpha value is -2.82. The summed E-state index contributed by atoms with van der Waals surface area (Å²) in [5, 5.41) is 8.97. The molecule has 108 valence electrons. The van der Waals surface area contributed by atoms with Crippen LogP contribution >= 0.6 is 0 Å². The van der Waals surface area contributed by atoms with Crippen LogP contribution in [0.4, 0.5) is 5.69 Å². The molecule has 0 saturated carbocycles. The molecule has 0 saturated heterocycles. The van der Waals surface area contributed by atoms with Gasteiger partial charge in [0.2, 0.25) is 0 Å². The normalized spacial score (nSPS) is 10.0. The van der Waals surface area contributed by atoms with Crippen LogP contribution in [0.25, 0.3) is 0 Å². The van der Waals surface area contributed by atoms with Crippen LogP contribution in [0.1, 0.15) is 20.7 Å². The van der Waals surface area contributed by atoms with Gasteiger partial charge >= 0.3 is 5.97 Å². The van der Waals surface area contributed by atoms with Gasteiger partial charge in [0, 0.05) is 18.3 Å². The van der Waals surface area contributed by atoms with Gasteiger partial charge < -0.3 is 14.7 Å². The van der Waals surface area contributed by atoms with Crippen LogP contribution in [0.2, 0.25) is 0 Å². The van der Waals surface area contributed by atoms with Gasteiger partial charge in [0.15, 0.2) is 0 Å².